The van der Waals surface area contributed by atoms with Crippen molar-refractivity contribution in [3.63, 3.8) is 0 Å². The van der Waals surface area contributed by atoms with Gasteiger partial charge in [0.2, 0.25) is 9.84 Å². The normalized spacial score (nSPS) is 26.7. The Morgan fingerprint density at radius 1 is 1.07 bits per heavy atom. The average Bonchev–Trinajstić information content (AvgIpc) is 3.22. The van der Waals surface area contributed by atoms with Crippen LogP contribution in [0.2, 0.25) is 0 Å². The van der Waals surface area contributed by atoms with Gasteiger partial charge in [-0.25, -0.2) is 8.42 Å². The largest absolute Gasteiger partial charge is 0.352 e. The van der Waals surface area contributed by atoms with E-state index in [0.717, 1.165) is 38.0 Å². The smallest absolute Gasteiger partial charge is 0.225 e. The van der Waals surface area contributed by atoms with E-state index >= 15 is 0 Å². The topological polar surface area (TPSA) is 89.2 Å². The molecule has 2 aliphatic rings. The molecule has 1 aliphatic carbocycles. The summed E-state index contributed by atoms with van der Waals surface area (Å²) in [6, 6.07) is 12.5. The zero-order valence-electron chi connectivity index (χ0n) is 18.0. The van der Waals surface area contributed by atoms with Gasteiger partial charge in [0.25, 0.3) is 0 Å². The fraction of sp³-hybridized carbons (Fsp3) is 0.565. The number of nitrogens with two attached hydrogens (primary N) is 1. The summed E-state index contributed by atoms with van der Waals surface area (Å²) in [6.45, 7) is 7.74. The Bertz CT molecular complexity index is 971. The number of benzene rings is 1. The molecule has 1 aromatic carbocycles. The van der Waals surface area contributed by atoms with E-state index in [4.69, 9.17) is 5.73 Å². The highest BCUT2D eigenvalue weighted by atomic mass is 32.2. The third-order valence-corrected chi connectivity index (χ3v) is 8.21. The van der Waals surface area contributed by atoms with Crippen LogP contribution >= 0.6 is 0 Å². The van der Waals surface area contributed by atoms with Gasteiger partial charge in [-0.15, -0.1) is 10.2 Å². The first-order valence-electron chi connectivity index (χ1n) is 10.8. The summed E-state index contributed by atoms with van der Waals surface area (Å²) in [5.74, 6) is 1.93. The maximum absolute atomic E-state index is 12.8. The third-order valence-electron chi connectivity index (χ3n) is 6.55. The lowest BCUT2D eigenvalue weighted by atomic mass is 9.84. The molecule has 1 aliphatic heterocycles. The zero-order valence-corrected chi connectivity index (χ0v) is 18.8. The van der Waals surface area contributed by atoms with E-state index in [9.17, 15) is 8.42 Å². The Balaban J connectivity index is 1.58. The van der Waals surface area contributed by atoms with Crippen molar-refractivity contribution in [2.75, 3.05) is 11.4 Å². The minimum atomic E-state index is -3.65. The van der Waals surface area contributed by atoms with E-state index in [2.05, 4.69) is 35.9 Å². The van der Waals surface area contributed by atoms with Crippen molar-refractivity contribution in [1.29, 1.82) is 0 Å². The van der Waals surface area contributed by atoms with Gasteiger partial charge in [-0.3, -0.25) is 0 Å². The Morgan fingerprint density at radius 2 is 1.80 bits per heavy atom. The standard InChI is InChI=1S/C23H32N4O2S/c1-23(2,3)12-11-20-19-14-17(24)13-16(19)15-27(20)21-9-10-22(26-25-21)30(28,29)18-7-5-4-6-8-18/h4-10,16-17,19-20H,11-15,24H2,1-3H3/t16-,17+,19+,20+/m1/s1. The summed E-state index contributed by atoms with van der Waals surface area (Å²) in [5, 5.41) is 8.47. The second-order valence-corrected chi connectivity index (χ2v) is 11.9. The van der Waals surface area contributed by atoms with Crippen LogP contribution in [-0.2, 0) is 9.84 Å². The van der Waals surface area contributed by atoms with Gasteiger partial charge in [-0.2, -0.15) is 0 Å². The van der Waals surface area contributed by atoms with Crippen LogP contribution in [0, 0.1) is 17.3 Å². The number of sulfone groups is 1. The van der Waals surface area contributed by atoms with E-state index in [1.807, 2.05) is 6.07 Å². The first kappa shape index (κ1) is 21.2. The van der Waals surface area contributed by atoms with Gasteiger partial charge in [0.15, 0.2) is 10.8 Å². The van der Waals surface area contributed by atoms with Gasteiger partial charge in [-0.05, 0) is 67.2 Å². The van der Waals surface area contributed by atoms with Crippen molar-refractivity contribution >= 4 is 15.7 Å². The molecule has 0 unspecified atom stereocenters. The highest BCUT2D eigenvalue weighted by Crippen LogP contribution is 2.45. The van der Waals surface area contributed by atoms with Crippen LogP contribution in [0.3, 0.4) is 0 Å². The number of aromatic nitrogens is 2. The molecule has 1 saturated heterocycles. The Hall–Kier alpha value is -1.99. The van der Waals surface area contributed by atoms with Gasteiger partial charge in [0.05, 0.1) is 4.90 Å². The first-order valence-corrected chi connectivity index (χ1v) is 12.3. The molecule has 4 rings (SSSR count). The molecule has 1 aromatic heterocycles. The van der Waals surface area contributed by atoms with Gasteiger partial charge >= 0.3 is 0 Å². The minimum Gasteiger partial charge on any atom is -0.352 e. The summed E-state index contributed by atoms with van der Waals surface area (Å²) in [6.07, 6.45) is 4.33. The lowest BCUT2D eigenvalue weighted by Gasteiger charge is -2.31. The van der Waals surface area contributed by atoms with Crippen LogP contribution in [0.25, 0.3) is 0 Å². The molecule has 0 spiro atoms. The number of hydrogen-bond donors (Lipinski definition) is 1. The van der Waals surface area contributed by atoms with Crippen molar-refractivity contribution in [2.45, 2.75) is 68.5 Å². The number of rotatable bonds is 5. The lowest BCUT2D eigenvalue weighted by molar-refractivity contribution is 0.314. The molecule has 2 N–H and O–H groups in total. The van der Waals surface area contributed by atoms with Crippen molar-refractivity contribution in [3.8, 4) is 0 Å². The van der Waals surface area contributed by atoms with Gasteiger partial charge in [0.1, 0.15) is 0 Å². The van der Waals surface area contributed by atoms with Crippen molar-refractivity contribution in [1.82, 2.24) is 10.2 Å². The molecule has 162 valence electrons. The maximum atomic E-state index is 12.8. The van der Waals surface area contributed by atoms with Gasteiger partial charge < -0.3 is 10.6 Å². The molecule has 7 heteroatoms. The Labute approximate surface area is 179 Å². The summed E-state index contributed by atoms with van der Waals surface area (Å²) < 4.78 is 25.6. The Kier molecular flexibility index (Phi) is 5.62. The Morgan fingerprint density at radius 3 is 2.43 bits per heavy atom. The number of hydrogen-bond acceptors (Lipinski definition) is 6. The molecular formula is C23H32N4O2S. The fourth-order valence-corrected chi connectivity index (χ4v) is 6.20. The van der Waals surface area contributed by atoms with E-state index in [0.29, 0.717) is 23.9 Å². The molecule has 2 heterocycles. The zero-order chi connectivity index (χ0) is 21.5. The lowest BCUT2D eigenvalue weighted by Crippen LogP contribution is -2.36. The van der Waals surface area contributed by atoms with Crippen LogP contribution in [0.5, 0.6) is 0 Å². The summed E-state index contributed by atoms with van der Waals surface area (Å²) in [4.78, 5) is 2.58. The first-order chi connectivity index (χ1) is 14.1. The van der Waals surface area contributed by atoms with Crippen LogP contribution in [0.15, 0.2) is 52.4 Å². The van der Waals surface area contributed by atoms with Crippen molar-refractivity contribution < 1.29 is 8.42 Å². The predicted octanol–water partition coefficient (Wildman–Crippen LogP) is 3.68. The molecule has 0 bridgehead atoms. The molecule has 4 atom stereocenters. The maximum Gasteiger partial charge on any atom is 0.225 e. The molecule has 0 radical (unpaired) electrons. The molecular weight excluding hydrogens is 396 g/mol. The van der Waals surface area contributed by atoms with E-state index in [1.54, 1.807) is 36.4 Å². The van der Waals surface area contributed by atoms with Gasteiger partial charge in [-0.1, -0.05) is 39.0 Å². The fourth-order valence-electron chi connectivity index (χ4n) is 5.05. The molecule has 2 fully saturated rings. The monoisotopic (exact) mass is 428 g/mol. The highest BCUT2D eigenvalue weighted by molar-refractivity contribution is 7.91. The molecule has 1 saturated carbocycles. The van der Waals surface area contributed by atoms with E-state index in [-0.39, 0.29) is 15.3 Å². The molecule has 2 aromatic rings. The van der Waals surface area contributed by atoms with Crippen molar-refractivity contribution in [2.24, 2.45) is 23.0 Å². The van der Waals surface area contributed by atoms with E-state index < -0.39 is 9.84 Å². The molecule has 6 nitrogen and oxygen atoms in total. The minimum absolute atomic E-state index is 0.00916. The van der Waals surface area contributed by atoms with Crippen LogP contribution < -0.4 is 10.6 Å². The second kappa shape index (κ2) is 7.93. The highest BCUT2D eigenvalue weighted by Gasteiger charge is 2.47. The number of fused-ring (bicyclic) bond motifs is 1. The van der Waals surface area contributed by atoms with Crippen LogP contribution in [0.4, 0.5) is 5.82 Å². The molecule has 30 heavy (non-hydrogen) atoms. The summed E-state index contributed by atoms with van der Waals surface area (Å²) >= 11 is 0. The average molecular weight is 429 g/mol. The molecule has 0 amide bonds. The van der Waals surface area contributed by atoms with Crippen molar-refractivity contribution in [3.05, 3.63) is 42.5 Å². The number of nitrogens with zero attached hydrogens (tertiary/aromatic N) is 3. The quantitative estimate of drug-likeness (QED) is 0.781. The summed E-state index contributed by atoms with van der Waals surface area (Å²) in [7, 11) is -3.65. The van der Waals surface area contributed by atoms with Gasteiger partial charge in [0, 0.05) is 18.6 Å². The van der Waals surface area contributed by atoms with E-state index in [1.165, 1.54) is 0 Å². The van der Waals surface area contributed by atoms with Crippen LogP contribution in [0.1, 0.15) is 46.5 Å². The summed E-state index contributed by atoms with van der Waals surface area (Å²) in [5.41, 5.74) is 6.53. The second-order valence-electron chi connectivity index (χ2n) is 10.0. The number of anilines is 1. The SMILES string of the molecule is CC(C)(C)CC[C@H]1[C@H]2C[C@@H](N)C[C@@H]2CN1c1ccc(S(=O)(=O)c2ccccc2)nn1. The van der Waals surface area contributed by atoms with Crippen LogP contribution in [-0.4, -0.2) is 37.2 Å². The predicted molar refractivity (Wildman–Crippen MR) is 118 cm³/mol. The third kappa shape index (κ3) is 4.23.